The number of halogens is 7. The zero-order valence-corrected chi connectivity index (χ0v) is 6.95. The Balaban J connectivity index is 4.49. The summed E-state index contributed by atoms with van der Waals surface area (Å²) in [7, 11) is 0. The molecule has 0 amide bonds. The van der Waals surface area contributed by atoms with Crippen molar-refractivity contribution in [1.82, 2.24) is 0 Å². The molecule has 0 heterocycles. The maximum absolute atomic E-state index is 12.2. The monoisotopic (exact) mass is 242 g/mol. The molecule has 0 bridgehead atoms. The molecule has 0 aromatic heterocycles. The number of hydrogen-bond donors (Lipinski definition) is 0. The van der Waals surface area contributed by atoms with Gasteiger partial charge in [-0.2, -0.15) is 22.0 Å². The highest BCUT2D eigenvalue weighted by Gasteiger charge is 2.64. The van der Waals surface area contributed by atoms with Gasteiger partial charge in [-0.3, -0.25) is 4.74 Å². The predicted octanol–water partition coefficient (Wildman–Crippen LogP) is 2.91. The molecular weight excluding hydrogens is 237 g/mol. The lowest BCUT2D eigenvalue weighted by molar-refractivity contribution is -0.510. The molecule has 9 heteroatoms. The third kappa shape index (κ3) is 4.47. The van der Waals surface area contributed by atoms with E-state index in [1.165, 1.54) is 0 Å². The maximum atomic E-state index is 12.2. The summed E-state index contributed by atoms with van der Waals surface area (Å²) >= 11 is 0. The number of hydrogen-bond acceptors (Lipinski definition) is 2. The molecule has 0 unspecified atom stereocenters. The summed E-state index contributed by atoms with van der Waals surface area (Å²) in [4.78, 5) is 0. The van der Waals surface area contributed by atoms with E-state index >= 15 is 0 Å². The van der Waals surface area contributed by atoms with Crippen LogP contribution in [0, 0.1) is 0 Å². The topological polar surface area (TPSA) is 18.5 Å². The molecule has 0 aliphatic rings. The molecule has 15 heavy (non-hydrogen) atoms. The predicted molar refractivity (Wildman–Crippen MR) is 33.2 cm³/mol. The van der Waals surface area contributed by atoms with Crippen molar-refractivity contribution in [3.8, 4) is 0 Å². The summed E-state index contributed by atoms with van der Waals surface area (Å²) in [6, 6.07) is 0. The average molecular weight is 242 g/mol. The minimum Gasteiger partial charge on any atom is -0.291 e. The van der Waals surface area contributed by atoms with Crippen molar-refractivity contribution in [1.29, 1.82) is 0 Å². The van der Waals surface area contributed by atoms with Gasteiger partial charge >= 0.3 is 18.6 Å². The van der Waals surface area contributed by atoms with Crippen LogP contribution in [0.1, 0.15) is 0 Å². The summed E-state index contributed by atoms with van der Waals surface area (Å²) < 4.78 is 87.9. The molecule has 0 aliphatic carbocycles. The minimum absolute atomic E-state index is 0.725. The molecule has 0 fully saturated rings. The van der Waals surface area contributed by atoms with Crippen LogP contribution in [0.3, 0.4) is 0 Å². The number of rotatable bonds is 5. The third-order valence-corrected chi connectivity index (χ3v) is 0.946. The Morgan fingerprint density at radius 3 is 1.80 bits per heavy atom. The van der Waals surface area contributed by atoms with Gasteiger partial charge in [-0.15, -0.1) is 15.4 Å². The lowest BCUT2D eigenvalue weighted by Crippen LogP contribution is -2.45. The van der Waals surface area contributed by atoms with Crippen LogP contribution >= 0.6 is 0 Å². The molecule has 0 aromatic rings. The Morgan fingerprint density at radius 1 is 1.00 bits per heavy atom. The summed E-state index contributed by atoms with van der Waals surface area (Å²) in [6.45, 7) is 1.94. The van der Waals surface area contributed by atoms with Crippen molar-refractivity contribution in [3.63, 3.8) is 0 Å². The van der Waals surface area contributed by atoms with Crippen LogP contribution in [0.25, 0.3) is 0 Å². The highest BCUT2D eigenvalue weighted by molar-refractivity contribution is 4.67. The van der Waals surface area contributed by atoms with Crippen molar-refractivity contribution in [3.05, 3.63) is 12.7 Å². The van der Waals surface area contributed by atoms with Crippen LogP contribution in [0.15, 0.2) is 12.7 Å². The Hall–Kier alpha value is -0.830. The van der Waals surface area contributed by atoms with E-state index in [-0.39, 0.29) is 0 Å². The van der Waals surface area contributed by atoms with Gasteiger partial charge < -0.3 is 0 Å². The summed E-state index contributed by atoms with van der Waals surface area (Å²) in [5.74, 6) is 0. The van der Waals surface area contributed by atoms with E-state index in [2.05, 4.69) is 16.1 Å². The third-order valence-electron chi connectivity index (χ3n) is 0.946. The molecule has 0 saturated carbocycles. The van der Waals surface area contributed by atoms with Crippen molar-refractivity contribution in [2.24, 2.45) is 0 Å². The van der Waals surface area contributed by atoms with E-state index in [4.69, 9.17) is 0 Å². The van der Waals surface area contributed by atoms with E-state index < -0.39 is 25.2 Å². The first kappa shape index (κ1) is 14.2. The van der Waals surface area contributed by atoms with Crippen LogP contribution in [-0.4, -0.2) is 25.2 Å². The molecule has 0 aliphatic heterocycles. The first-order chi connectivity index (χ1) is 6.52. The van der Waals surface area contributed by atoms with Gasteiger partial charge in [-0.05, 0) is 0 Å². The minimum atomic E-state index is -6.24. The Morgan fingerprint density at radius 2 is 1.47 bits per heavy atom. The second-order valence-electron chi connectivity index (χ2n) is 2.18. The van der Waals surface area contributed by atoms with Gasteiger partial charge in [0.05, 0.1) is 6.61 Å². The summed E-state index contributed by atoms with van der Waals surface area (Å²) in [6.07, 6.45) is -16.6. The van der Waals surface area contributed by atoms with Gasteiger partial charge in [0.2, 0.25) is 0 Å². The van der Waals surface area contributed by atoms with E-state index in [0.717, 1.165) is 6.08 Å². The van der Waals surface area contributed by atoms with Crippen molar-refractivity contribution >= 4 is 0 Å². The average Bonchev–Trinajstić information content (AvgIpc) is 1.96. The molecule has 0 rings (SSSR count). The Kier molecular flexibility index (Phi) is 4.11. The molecule has 0 N–H and O–H groups in total. The zero-order chi connectivity index (χ0) is 12.3. The second kappa shape index (κ2) is 4.35. The second-order valence-corrected chi connectivity index (χ2v) is 2.18. The highest BCUT2D eigenvalue weighted by atomic mass is 19.4. The zero-order valence-electron chi connectivity index (χ0n) is 6.95. The Labute approximate surface area is 79.3 Å². The van der Waals surface area contributed by atoms with Crippen LogP contribution in [-0.2, 0) is 9.47 Å². The van der Waals surface area contributed by atoms with E-state index in [0.29, 0.717) is 0 Å². The fourth-order valence-corrected chi connectivity index (χ4v) is 0.392. The summed E-state index contributed by atoms with van der Waals surface area (Å²) in [5.41, 5.74) is 0. The van der Waals surface area contributed by atoms with E-state index in [9.17, 15) is 30.7 Å². The van der Waals surface area contributed by atoms with Crippen LogP contribution < -0.4 is 0 Å². The fraction of sp³-hybridized carbons (Fsp3) is 0.667. The van der Waals surface area contributed by atoms with Crippen molar-refractivity contribution in [2.45, 2.75) is 18.6 Å². The largest absolute Gasteiger partial charge is 0.490 e. The normalized spacial score (nSPS) is 14.1. The van der Waals surface area contributed by atoms with Gasteiger partial charge in [-0.1, -0.05) is 6.08 Å². The summed E-state index contributed by atoms with van der Waals surface area (Å²) in [5, 5.41) is 0. The lowest BCUT2D eigenvalue weighted by Gasteiger charge is -2.23. The van der Waals surface area contributed by atoms with Crippen LogP contribution in [0.2, 0.25) is 0 Å². The smallest absolute Gasteiger partial charge is 0.291 e. The first-order valence-corrected chi connectivity index (χ1v) is 3.29. The fourth-order valence-electron chi connectivity index (χ4n) is 0.392. The van der Waals surface area contributed by atoms with Gasteiger partial charge in [0, 0.05) is 0 Å². The SMILES string of the molecule is C=CCOC(F)(F)OC(F)(F)C(F)(F)F. The molecule has 0 radical (unpaired) electrons. The Bertz CT molecular complexity index is 222. The van der Waals surface area contributed by atoms with Gasteiger partial charge in [-0.25, -0.2) is 4.74 Å². The molecule has 0 aromatic carbocycles. The molecule has 0 atom stereocenters. The van der Waals surface area contributed by atoms with Gasteiger partial charge in [0.15, 0.2) is 0 Å². The molecule has 2 nitrogen and oxygen atoms in total. The van der Waals surface area contributed by atoms with Crippen LogP contribution in [0.5, 0.6) is 0 Å². The maximum Gasteiger partial charge on any atom is 0.490 e. The molecule has 0 spiro atoms. The lowest BCUT2D eigenvalue weighted by atomic mass is 10.6. The molecular formula is C6H5F7O2. The highest BCUT2D eigenvalue weighted by Crippen LogP contribution is 2.40. The van der Waals surface area contributed by atoms with Gasteiger partial charge in [0.1, 0.15) is 0 Å². The quantitative estimate of drug-likeness (QED) is 0.419. The van der Waals surface area contributed by atoms with Crippen LogP contribution in [0.4, 0.5) is 30.7 Å². The van der Waals surface area contributed by atoms with Crippen molar-refractivity contribution in [2.75, 3.05) is 6.61 Å². The first-order valence-electron chi connectivity index (χ1n) is 3.29. The van der Waals surface area contributed by atoms with E-state index in [1.54, 1.807) is 0 Å². The standard InChI is InChI=1S/C6H5F7O2/c1-2-3-14-6(12,13)15-5(10,11)4(7,8)9/h2H,1,3H2. The van der Waals surface area contributed by atoms with Gasteiger partial charge in [0.25, 0.3) is 0 Å². The van der Waals surface area contributed by atoms with E-state index in [1.807, 2.05) is 0 Å². The molecule has 0 saturated heterocycles. The van der Waals surface area contributed by atoms with Crippen molar-refractivity contribution < 1.29 is 40.2 Å². The number of alkyl halides is 7. The molecule has 90 valence electrons. The number of ether oxygens (including phenoxy) is 2.